The van der Waals surface area contributed by atoms with Crippen LogP contribution in [0.2, 0.25) is 0 Å². The smallest absolute Gasteiger partial charge is 0.231 e. The summed E-state index contributed by atoms with van der Waals surface area (Å²) in [5.74, 6) is -0.557. The number of hydrogen-bond donors (Lipinski definition) is 1. The third kappa shape index (κ3) is 3.62. The van der Waals surface area contributed by atoms with Gasteiger partial charge >= 0.3 is 0 Å². The van der Waals surface area contributed by atoms with Crippen LogP contribution in [0.15, 0.2) is 24.3 Å². The monoisotopic (exact) mass is 344 g/mol. The van der Waals surface area contributed by atoms with Crippen LogP contribution < -0.4 is 10.2 Å². The Bertz CT molecular complexity index is 759. The molecule has 1 unspecified atom stereocenters. The van der Waals surface area contributed by atoms with E-state index in [1.165, 1.54) is 11.3 Å². The highest BCUT2D eigenvalue weighted by molar-refractivity contribution is 7.15. The van der Waals surface area contributed by atoms with Crippen LogP contribution in [0, 0.1) is 12.8 Å². The first-order valence-electron chi connectivity index (χ1n) is 8.07. The average Bonchev–Trinajstić information content (AvgIpc) is 3.14. The van der Waals surface area contributed by atoms with E-state index < -0.39 is 0 Å². The van der Waals surface area contributed by atoms with Gasteiger partial charge in [-0.2, -0.15) is 0 Å². The van der Waals surface area contributed by atoms with E-state index in [2.05, 4.69) is 22.4 Å². The van der Waals surface area contributed by atoms with Crippen LogP contribution >= 0.6 is 11.3 Å². The summed E-state index contributed by atoms with van der Waals surface area (Å²) < 4.78 is 0. The molecule has 2 aromatic rings. The third-order valence-corrected chi connectivity index (χ3v) is 4.87. The Kier molecular flexibility index (Phi) is 4.89. The molecule has 1 fully saturated rings. The molecule has 1 atom stereocenters. The predicted molar refractivity (Wildman–Crippen MR) is 94.2 cm³/mol. The van der Waals surface area contributed by atoms with E-state index in [9.17, 15) is 9.59 Å². The molecule has 24 heavy (non-hydrogen) atoms. The molecule has 6 nitrogen and oxygen atoms in total. The summed E-state index contributed by atoms with van der Waals surface area (Å²) in [5, 5.41) is 12.3. The van der Waals surface area contributed by atoms with E-state index in [1.807, 2.05) is 31.2 Å². The molecule has 2 heterocycles. The van der Waals surface area contributed by atoms with E-state index in [4.69, 9.17) is 0 Å². The average molecular weight is 344 g/mol. The molecule has 0 aliphatic carbocycles. The van der Waals surface area contributed by atoms with E-state index in [1.54, 1.807) is 4.90 Å². The minimum atomic E-state index is -0.364. The molecule has 1 N–H and O–H groups in total. The molecule has 1 aliphatic rings. The van der Waals surface area contributed by atoms with Crippen LogP contribution in [0.1, 0.15) is 30.3 Å². The normalized spacial score (nSPS) is 17.3. The minimum absolute atomic E-state index is 0.0234. The highest BCUT2D eigenvalue weighted by Gasteiger charge is 2.35. The molecule has 1 saturated heterocycles. The largest absolute Gasteiger partial charge is 0.312 e. The molecule has 3 rings (SSSR count). The van der Waals surface area contributed by atoms with Crippen LogP contribution in [0.25, 0.3) is 0 Å². The number of rotatable bonds is 5. The number of aryl methyl sites for hydroxylation is 2. The van der Waals surface area contributed by atoms with Gasteiger partial charge in [-0.15, -0.1) is 10.2 Å². The van der Waals surface area contributed by atoms with Gasteiger partial charge in [0.15, 0.2) is 0 Å². The number of amides is 2. The molecule has 0 bridgehead atoms. The Morgan fingerprint density at radius 3 is 3.00 bits per heavy atom. The van der Waals surface area contributed by atoms with Crippen LogP contribution in [-0.4, -0.2) is 28.6 Å². The van der Waals surface area contributed by atoms with E-state index in [-0.39, 0.29) is 24.2 Å². The number of nitrogens with zero attached hydrogens (tertiary/aromatic N) is 3. The zero-order chi connectivity index (χ0) is 17.1. The van der Waals surface area contributed by atoms with Gasteiger partial charge in [0.1, 0.15) is 5.01 Å². The Labute approximate surface area is 144 Å². The zero-order valence-electron chi connectivity index (χ0n) is 13.8. The fourth-order valence-electron chi connectivity index (χ4n) is 2.76. The second kappa shape index (κ2) is 7.09. The summed E-state index contributed by atoms with van der Waals surface area (Å²) in [7, 11) is 0. The van der Waals surface area contributed by atoms with Crippen molar-refractivity contribution in [3.63, 3.8) is 0 Å². The number of aromatic nitrogens is 2. The van der Waals surface area contributed by atoms with Crippen molar-refractivity contribution in [3.05, 3.63) is 34.8 Å². The quantitative estimate of drug-likeness (QED) is 0.905. The second-order valence-electron chi connectivity index (χ2n) is 5.98. The summed E-state index contributed by atoms with van der Waals surface area (Å²) in [6, 6.07) is 7.76. The maximum Gasteiger partial charge on any atom is 0.231 e. The van der Waals surface area contributed by atoms with Gasteiger partial charge in [-0.25, -0.2) is 0 Å². The van der Waals surface area contributed by atoms with Crippen LogP contribution in [0.3, 0.4) is 0 Å². The van der Waals surface area contributed by atoms with E-state index in [0.717, 1.165) is 29.1 Å². The summed E-state index contributed by atoms with van der Waals surface area (Å²) in [6.07, 6.45) is 2.07. The number of carbonyl (C=O) groups excluding carboxylic acids is 2. The van der Waals surface area contributed by atoms with Crippen molar-refractivity contribution < 1.29 is 9.59 Å². The van der Waals surface area contributed by atoms with Crippen molar-refractivity contribution >= 4 is 34.0 Å². The van der Waals surface area contributed by atoms with Gasteiger partial charge < -0.3 is 10.2 Å². The summed E-state index contributed by atoms with van der Waals surface area (Å²) in [5.41, 5.74) is 1.93. The van der Waals surface area contributed by atoms with E-state index >= 15 is 0 Å². The van der Waals surface area contributed by atoms with Gasteiger partial charge in [-0.1, -0.05) is 30.4 Å². The molecule has 1 aromatic heterocycles. The van der Waals surface area contributed by atoms with Gasteiger partial charge in [0.2, 0.25) is 16.9 Å². The molecule has 126 valence electrons. The number of nitrogens with one attached hydrogen (secondary N) is 1. The lowest BCUT2D eigenvalue weighted by molar-refractivity contribution is -0.122. The lowest BCUT2D eigenvalue weighted by Gasteiger charge is -2.17. The lowest BCUT2D eigenvalue weighted by atomic mass is 10.1. The van der Waals surface area contributed by atoms with Gasteiger partial charge in [-0.3, -0.25) is 9.59 Å². The molecule has 0 radical (unpaired) electrons. The fourth-order valence-corrected chi connectivity index (χ4v) is 3.60. The molecule has 0 spiro atoms. The Morgan fingerprint density at radius 1 is 1.42 bits per heavy atom. The topological polar surface area (TPSA) is 75.2 Å². The van der Waals surface area contributed by atoms with Gasteiger partial charge in [-0.05, 0) is 31.0 Å². The number of anilines is 2. The Morgan fingerprint density at radius 2 is 2.25 bits per heavy atom. The third-order valence-electron chi connectivity index (χ3n) is 3.97. The standard InChI is InChI=1S/C17H20N4O2S/c1-3-5-14-19-20-17(24-14)18-16(23)12-9-15(22)21(10-12)13-7-4-6-11(2)8-13/h4,6-8,12H,3,5,9-10H2,1-2H3,(H,18,20,23). The van der Waals surface area contributed by atoms with Crippen LogP contribution in [-0.2, 0) is 16.0 Å². The number of carbonyl (C=O) groups is 2. The molecule has 0 saturated carbocycles. The van der Waals surface area contributed by atoms with Crippen molar-refractivity contribution in [2.45, 2.75) is 33.1 Å². The first kappa shape index (κ1) is 16.6. The van der Waals surface area contributed by atoms with Crippen molar-refractivity contribution in [3.8, 4) is 0 Å². The maximum absolute atomic E-state index is 12.4. The summed E-state index contributed by atoms with van der Waals surface area (Å²) in [6.45, 7) is 4.45. The van der Waals surface area contributed by atoms with Crippen molar-refractivity contribution in [1.82, 2.24) is 10.2 Å². The predicted octanol–water partition coefficient (Wildman–Crippen LogP) is 2.79. The lowest BCUT2D eigenvalue weighted by Crippen LogP contribution is -2.28. The van der Waals surface area contributed by atoms with Crippen LogP contribution in [0.5, 0.6) is 0 Å². The van der Waals surface area contributed by atoms with Crippen molar-refractivity contribution in [1.29, 1.82) is 0 Å². The van der Waals surface area contributed by atoms with Gasteiger partial charge in [0.05, 0.1) is 5.92 Å². The molecule has 1 aromatic carbocycles. The number of hydrogen-bond acceptors (Lipinski definition) is 5. The summed E-state index contributed by atoms with van der Waals surface area (Å²) >= 11 is 1.39. The minimum Gasteiger partial charge on any atom is -0.312 e. The highest BCUT2D eigenvalue weighted by Crippen LogP contribution is 2.27. The first-order valence-corrected chi connectivity index (χ1v) is 8.88. The zero-order valence-corrected chi connectivity index (χ0v) is 14.6. The van der Waals surface area contributed by atoms with Crippen LogP contribution in [0.4, 0.5) is 10.8 Å². The molecule has 7 heteroatoms. The highest BCUT2D eigenvalue weighted by atomic mass is 32.1. The van der Waals surface area contributed by atoms with Gasteiger partial charge in [0, 0.05) is 25.1 Å². The second-order valence-corrected chi connectivity index (χ2v) is 7.05. The molecular formula is C17H20N4O2S. The van der Waals surface area contributed by atoms with E-state index in [0.29, 0.717) is 11.7 Å². The Hall–Kier alpha value is -2.28. The SMILES string of the molecule is CCCc1nnc(NC(=O)C2CC(=O)N(c3cccc(C)c3)C2)s1. The van der Waals surface area contributed by atoms with Crippen molar-refractivity contribution in [2.75, 3.05) is 16.8 Å². The maximum atomic E-state index is 12.4. The first-order chi connectivity index (χ1) is 11.6. The molecular weight excluding hydrogens is 324 g/mol. The van der Waals surface area contributed by atoms with Crippen molar-refractivity contribution in [2.24, 2.45) is 5.92 Å². The molecule has 2 amide bonds. The van der Waals surface area contributed by atoms with Gasteiger partial charge in [0.25, 0.3) is 0 Å². The number of benzene rings is 1. The molecule has 1 aliphatic heterocycles. The summed E-state index contributed by atoms with van der Waals surface area (Å²) in [4.78, 5) is 26.4. The Balaban J connectivity index is 1.65. The fraction of sp³-hybridized carbons (Fsp3) is 0.412.